The van der Waals surface area contributed by atoms with Gasteiger partial charge in [0, 0.05) is 6.61 Å². The first kappa shape index (κ1) is 14.2. The van der Waals surface area contributed by atoms with E-state index in [1.807, 2.05) is 6.07 Å². The molecule has 2 saturated heterocycles. The highest BCUT2D eigenvalue weighted by atomic mass is 16.7. The third-order valence-corrected chi connectivity index (χ3v) is 3.24. The first-order valence-electron chi connectivity index (χ1n) is 6.64. The Morgan fingerprint density at radius 2 is 1.63 bits per heavy atom. The van der Waals surface area contributed by atoms with E-state index in [0.29, 0.717) is 13.2 Å². The van der Waals surface area contributed by atoms with E-state index in [9.17, 15) is 0 Å². The number of ether oxygens (including phenoxy) is 4. The molecule has 4 unspecified atom stereocenters. The SMILES string of the molecule is N#CCC1OCCCC(C2CCCOC(C#N)O2)O1. The minimum atomic E-state index is -0.824. The van der Waals surface area contributed by atoms with Crippen molar-refractivity contribution in [3.05, 3.63) is 0 Å². The molecule has 0 amide bonds. The molecular formula is C13H18N2O4. The Balaban J connectivity index is 1.97. The first-order valence-corrected chi connectivity index (χ1v) is 6.64. The lowest BCUT2D eigenvalue weighted by molar-refractivity contribution is -0.203. The van der Waals surface area contributed by atoms with Crippen molar-refractivity contribution >= 4 is 0 Å². The molecule has 0 aliphatic carbocycles. The Morgan fingerprint density at radius 3 is 2.32 bits per heavy atom. The van der Waals surface area contributed by atoms with Crippen molar-refractivity contribution in [2.75, 3.05) is 13.2 Å². The predicted octanol–water partition coefficient (Wildman–Crippen LogP) is 1.47. The van der Waals surface area contributed by atoms with E-state index in [2.05, 4.69) is 6.07 Å². The van der Waals surface area contributed by atoms with Gasteiger partial charge in [-0.15, -0.1) is 0 Å². The average molecular weight is 266 g/mol. The van der Waals surface area contributed by atoms with Gasteiger partial charge in [0.05, 0.1) is 31.3 Å². The smallest absolute Gasteiger partial charge is 0.248 e. The summed E-state index contributed by atoms with van der Waals surface area (Å²) in [6, 6.07) is 4.03. The molecule has 4 atom stereocenters. The van der Waals surface area contributed by atoms with Gasteiger partial charge in [-0.05, 0) is 25.7 Å². The van der Waals surface area contributed by atoms with Crippen LogP contribution in [-0.2, 0) is 18.9 Å². The molecule has 2 aliphatic rings. The highest BCUT2D eigenvalue weighted by molar-refractivity contribution is 4.84. The average Bonchev–Trinajstić information content (AvgIpc) is 2.79. The van der Waals surface area contributed by atoms with E-state index in [0.717, 1.165) is 25.7 Å². The summed E-state index contributed by atoms with van der Waals surface area (Å²) in [6.07, 6.45) is 1.89. The highest BCUT2D eigenvalue weighted by Crippen LogP contribution is 2.25. The fourth-order valence-corrected chi connectivity index (χ4v) is 2.34. The van der Waals surface area contributed by atoms with Crippen LogP contribution in [0.5, 0.6) is 0 Å². The van der Waals surface area contributed by atoms with Crippen LogP contribution in [0.15, 0.2) is 0 Å². The summed E-state index contributed by atoms with van der Waals surface area (Å²) < 4.78 is 22.1. The third kappa shape index (κ3) is 4.15. The van der Waals surface area contributed by atoms with E-state index in [1.165, 1.54) is 0 Å². The van der Waals surface area contributed by atoms with Crippen molar-refractivity contribution in [2.45, 2.75) is 56.9 Å². The lowest BCUT2D eigenvalue weighted by Gasteiger charge is -2.27. The van der Waals surface area contributed by atoms with Gasteiger partial charge in [-0.3, -0.25) is 0 Å². The standard InChI is InChI=1S/C13H18N2O4/c14-6-5-12-16-7-1-3-10(18-12)11-4-2-8-17-13(9-15)19-11/h10-13H,1-5,7-8H2. The molecule has 0 radical (unpaired) electrons. The van der Waals surface area contributed by atoms with Crippen LogP contribution in [0, 0.1) is 22.7 Å². The van der Waals surface area contributed by atoms with Gasteiger partial charge in [0.2, 0.25) is 6.29 Å². The van der Waals surface area contributed by atoms with Crippen LogP contribution in [0.3, 0.4) is 0 Å². The molecule has 0 spiro atoms. The number of hydrogen-bond acceptors (Lipinski definition) is 6. The van der Waals surface area contributed by atoms with E-state index in [1.54, 1.807) is 0 Å². The molecule has 2 rings (SSSR count). The quantitative estimate of drug-likeness (QED) is 0.752. The van der Waals surface area contributed by atoms with Crippen molar-refractivity contribution in [3.8, 4) is 12.1 Å². The zero-order chi connectivity index (χ0) is 13.5. The minimum Gasteiger partial charge on any atom is -0.352 e. The van der Waals surface area contributed by atoms with Crippen molar-refractivity contribution in [3.63, 3.8) is 0 Å². The summed E-state index contributed by atoms with van der Waals surface area (Å²) in [5, 5.41) is 17.6. The van der Waals surface area contributed by atoms with Gasteiger partial charge in [0.25, 0.3) is 0 Å². The van der Waals surface area contributed by atoms with E-state index >= 15 is 0 Å². The molecule has 0 N–H and O–H groups in total. The normalized spacial score (nSPS) is 36.5. The van der Waals surface area contributed by atoms with E-state index in [4.69, 9.17) is 29.5 Å². The molecule has 0 aromatic rings. The van der Waals surface area contributed by atoms with Crippen molar-refractivity contribution in [2.24, 2.45) is 0 Å². The van der Waals surface area contributed by atoms with Crippen molar-refractivity contribution < 1.29 is 18.9 Å². The number of rotatable bonds is 2. The highest BCUT2D eigenvalue weighted by Gasteiger charge is 2.32. The summed E-state index contributed by atoms with van der Waals surface area (Å²) in [4.78, 5) is 0. The van der Waals surface area contributed by atoms with Gasteiger partial charge in [0.1, 0.15) is 6.07 Å². The van der Waals surface area contributed by atoms with E-state index in [-0.39, 0.29) is 18.6 Å². The van der Waals surface area contributed by atoms with Gasteiger partial charge in [-0.1, -0.05) is 0 Å². The Hall–Kier alpha value is -1.18. The second-order valence-corrected chi connectivity index (χ2v) is 4.63. The van der Waals surface area contributed by atoms with Crippen molar-refractivity contribution in [1.82, 2.24) is 0 Å². The number of nitrogens with zero attached hydrogens (tertiary/aromatic N) is 2. The Bertz CT molecular complexity index is 363. The molecule has 0 bridgehead atoms. The second kappa shape index (κ2) is 7.42. The maximum absolute atomic E-state index is 8.92. The monoisotopic (exact) mass is 266 g/mol. The molecule has 0 aromatic carbocycles. The van der Waals surface area contributed by atoms with Crippen LogP contribution in [0.4, 0.5) is 0 Å². The van der Waals surface area contributed by atoms with Crippen LogP contribution in [0.25, 0.3) is 0 Å². The molecule has 2 aliphatic heterocycles. The Kier molecular flexibility index (Phi) is 5.56. The van der Waals surface area contributed by atoms with Crippen LogP contribution >= 0.6 is 0 Å². The predicted molar refractivity (Wildman–Crippen MR) is 63.5 cm³/mol. The summed E-state index contributed by atoms with van der Waals surface area (Å²) in [5.41, 5.74) is 0. The van der Waals surface area contributed by atoms with Crippen molar-refractivity contribution in [1.29, 1.82) is 10.5 Å². The zero-order valence-electron chi connectivity index (χ0n) is 10.8. The fraction of sp³-hybridized carbons (Fsp3) is 0.846. The van der Waals surface area contributed by atoms with Crippen LogP contribution in [-0.4, -0.2) is 38.0 Å². The lowest BCUT2D eigenvalue weighted by Crippen LogP contribution is -2.36. The maximum Gasteiger partial charge on any atom is 0.248 e. The molecule has 0 aromatic heterocycles. The van der Waals surface area contributed by atoms with Gasteiger partial charge < -0.3 is 18.9 Å². The number of nitriles is 2. The maximum atomic E-state index is 8.92. The van der Waals surface area contributed by atoms with Gasteiger partial charge >= 0.3 is 0 Å². The lowest BCUT2D eigenvalue weighted by atomic mass is 10.0. The molecule has 104 valence electrons. The second-order valence-electron chi connectivity index (χ2n) is 4.63. The Labute approximate surface area is 112 Å². The summed E-state index contributed by atoms with van der Waals surface area (Å²) >= 11 is 0. The topological polar surface area (TPSA) is 84.5 Å². The Morgan fingerprint density at radius 1 is 0.947 bits per heavy atom. The molecule has 6 nitrogen and oxygen atoms in total. The minimum absolute atomic E-state index is 0.140. The fourth-order valence-electron chi connectivity index (χ4n) is 2.34. The van der Waals surface area contributed by atoms with Gasteiger partial charge in [0.15, 0.2) is 6.29 Å². The largest absolute Gasteiger partial charge is 0.352 e. The third-order valence-electron chi connectivity index (χ3n) is 3.24. The molecule has 2 heterocycles. The van der Waals surface area contributed by atoms with Crippen LogP contribution < -0.4 is 0 Å². The summed E-state index contributed by atoms with van der Waals surface area (Å²) in [6.45, 7) is 1.12. The van der Waals surface area contributed by atoms with E-state index < -0.39 is 12.6 Å². The van der Waals surface area contributed by atoms with Gasteiger partial charge in [-0.25, -0.2) is 0 Å². The zero-order valence-corrected chi connectivity index (χ0v) is 10.8. The van der Waals surface area contributed by atoms with Crippen LogP contribution in [0.2, 0.25) is 0 Å². The molecular weight excluding hydrogens is 248 g/mol. The molecule has 6 heteroatoms. The molecule has 19 heavy (non-hydrogen) atoms. The molecule has 0 saturated carbocycles. The molecule has 2 fully saturated rings. The summed E-state index contributed by atoms with van der Waals surface area (Å²) in [7, 11) is 0. The van der Waals surface area contributed by atoms with Gasteiger partial charge in [-0.2, -0.15) is 10.5 Å². The summed E-state index contributed by atoms with van der Waals surface area (Å²) in [5.74, 6) is 0. The number of hydrogen-bond donors (Lipinski definition) is 0. The first-order chi connectivity index (χ1) is 9.33. The van der Waals surface area contributed by atoms with Crippen LogP contribution in [0.1, 0.15) is 32.1 Å².